The molecule has 0 bridgehead atoms. The van der Waals surface area contributed by atoms with Crippen molar-refractivity contribution < 1.29 is 37.7 Å². The molecule has 0 aliphatic carbocycles. The van der Waals surface area contributed by atoms with E-state index in [1.54, 1.807) is 31.4 Å². The summed E-state index contributed by atoms with van der Waals surface area (Å²) in [7, 11) is 1.68. The number of alkyl halides is 3. The number of rotatable bonds is 6. The first kappa shape index (κ1) is 30.1. The molecule has 210 valence electrons. The topological polar surface area (TPSA) is 123 Å². The highest BCUT2D eigenvalue weighted by Crippen LogP contribution is 2.30. The largest absolute Gasteiger partial charge is 0.496 e. The Balaban J connectivity index is 0.000000559. The number of carbonyl (C=O) groups excluding carboxylic acids is 1. The Labute approximate surface area is 229 Å². The zero-order valence-electron chi connectivity index (χ0n) is 21.6. The molecule has 1 heterocycles. The van der Waals surface area contributed by atoms with Crippen molar-refractivity contribution in [2.24, 2.45) is 0 Å². The van der Waals surface area contributed by atoms with Crippen LogP contribution < -0.4 is 10.1 Å². The molecule has 0 spiro atoms. The van der Waals surface area contributed by atoms with Gasteiger partial charge in [-0.05, 0) is 66.4 Å². The van der Waals surface area contributed by atoms with Crippen molar-refractivity contribution in [3.8, 4) is 22.9 Å². The molecule has 11 heteroatoms. The number of methoxy groups -OCH3 is 1. The van der Waals surface area contributed by atoms with E-state index >= 15 is 0 Å². The summed E-state index contributed by atoms with van der Waals surface area (Å²) in [5.41, 5.74) is 4.68. The quantitative estimate of drug-likeness (QED) is 0.388. The Kier molecular flexibility index (Phi) is 10.2. The van der Waals surface area contributed by atoms with E-state index in [1.807, 2.05) is 36.4 Å². The van der Waals surface area contributed by atoms with Gasteiger partial charge in [0.2, 0.25) is 0 Å². The summed E-state index contributed by atoms with van der Waals surface area (Å²) >= 11 is 0. The van der Waals surface area contributed by atoms with Crippen molar-refractivity contribution in [2.75, 3.05) is 25.5 Å². The van der Waals surface area contributed by atoms with Crippen LogP contribution in [0.25, 0.3) is 11.1 Å². The molecule has 8 nitrogen and oxygen atoms in total. The number of ether oxygens (including phenoxy) is 1. The monoisotopic (exact) mass is 555 g/mol. The van der Waals surface area contributed by atoms with E-state index in [0.717, 1.165) is 54.9 Å². The summed E-state index contributed by atoms with van der Waals surface area (Å²) in [4.78, 5) is 23.9. The van der Waals surface area contributed by atoms with Gasteiger partial charge >= 0.3 is 12.1 Å². The number of hydrogen-bond acceptors (Lipinski definition) is 6. The molecular formula is C29H28F3N3O5. The third-order valence-corrected chi connectivity index (χ3v) is 6.18. The molecule has 40 heavy (non-hydrogen) atoms. The molecule has 4 rings (SSSR count). The third-order valence-electron chi connectivity index (χ3n) is 6.18. The number of aliphatic hydroxyl groups excluding tert-OH is 1. The number of likely N-dealkylation sites (tertiary alicyclic amines) is 1. The minimum absolute atomic E-state index is 0.199. The SMILES string of the molecule is COc1ccc(-c2cccc(NC(=O)c3cccc(C#N)c3)c2)cc1CN1CCC(O)CC1.O=C(O)C(F)(F)F. The molecule has 1 aliphatic heterocycles. The fourth-order valence-corrected chi connectivity index (χ4v) is 4.11. The van der Waals surface area contributed by atoms with E-state index in [0.29, 0.717) is 16.8 Å². The van der Waals surface area contributed by atoms with Gasteiger partial charge in [-0.1, -0.05) is 24.3 Å². The first-order valence-corrected chi connectivity index (χ1v) is 12.3. The number of carboxylic acids is 1. The average Bonchev–Trinajstić information content (AvgIpc) is 2.94. The first-order valence-electron chi connectivity index (χ1n) is 12.3. The molecule has 0 radical (unpaired) electrons. The Hall–Kier alpha value is -4.40. The van der Waals surface area contributed by atoms with E-state index in [-0.39, 0.29) is 12.0 Å². The smallest absolute Gasteiger partial charge is 0.490 e. The Morgan fingerprint density at radius 1 is 1.05 bits per heavy atom. The number of aliphatic hydroxyl groups is 1. The van der Waals surface area contributed by atoms with Crippen LogP contribution >= 0.6 is 0 Å². The van der Waals surface area contributed by atoms with Crippen molar-refractivity contribution in [1.29, 1.82) is 5.26 Å². The molecule has 1 fully saturated rings. The van der Waals surface area contributed by atoms with Crippen LogP contribution in [0, 0.1) is 11.3 Å². The van der Waals surface area contributed by atoms with E-state index in [9.17, 15) is 23.1 Å². The number of piperidine rings is 1. The summed E-state index contributed by atoms with van der Waals surface area (Å²) in [6.45, 7) is 2.49. The van der Waals surface area contributed by atoms with Gasteiger partial charge in [0.1, 0.15) is 5.75 Å². The number of hydrogen-bond donors (Lipinski definition) is 3. The minimum Gasteiger partial charge on any atom is -0.496 e. The highest BCUT2D eigenvalue weighted by Gasteiger charge is 2.38. The van der Waals surface area contributed by atoms with Crippen LogP contribution in [0.15, 0.2) is 66.7 Å². The Morgan fingerprint density at radius 2 is 1.70 bits per heavy atom. The lowest BCUT2D eigenvalue weighted by Crippen LogP contribution is -2.35. The lowest BCUT2D eigenvalue weighted by Gasteiger charge is -2.30. The number of benzene rings is 3. The van der Waals surface area contributed by atoms with E-state index in [1.165, 1.54) is 0 Å². The summed E-state index contributed by atoms with van der Waals surface area (Å²) in [6, 6.07) is 22.5. The normalized spacial score (nSPS) is 13.9. The van der Waals surface area contributed by atoms with Crippen molar-refractivity contribution in [2.45, 2.75) is 31.7 Å². The maximum atomic E-state index is 12.7. The van der Waals surface area contributed by atoms with Crippen molar-refractivity contribution in [3.63, 3.8) is 0 Å². The number of carboxylic acid groups (broad SMARTS) is 1. The lowest BCUT2D eigenvalue weighted by molar-refractivity contribution is -0.192. The standard InChI is InChI=1S/C27H27N3O3.C2HF3O2/c1-33-26-9-8-21(15-23(26)18-30-12-10-25(31)11-13-30)20-5-3-7-24(16-20)29-27(32)22-6-2-4-19(14-22)17-28;3-2(4,5)1(6)7/h2-9,14-16,25,31H,10-13,18H2,1H3,(H,29,32);(H,6,7). The summed E-state index contributed by atoms with van der Waals surface area (Å²) in [5.74, 6) is -2.17. The third kappa shape index (κ3) is 8.56. The van der Waals surface area contributed by atoms with Gasteiger partial charge in [0.25, 0.3) is 5.91 Å². The number of carbonyl (C=O) groups is 2. The second-order valence-electron chi connectivity index (χ2n) is 9.06. The highest BCUT2D eigenvalue weighted by atomic mass is 19.4. The molecule has 0 unspecified atom stereocenters. The predicted octanol–water partition coefficient (Wildman–Crippen LogP) is 5.08. The number of halogens is 3. The van der Waals surface area contributed by atoms with Gasteiger partial charge in [-0.3, -0.25) is 9.69 Å². The van der Waals surface area contributed by atoms with E-state index < -0.39 is 12.1 Å². The van der Waals surface area contributed by atoms with Crippen molar-refractivity contribution in [3.05, 3.63) is 83.4 Å². The summed E-state index contributed by atoms with van der Waals surface area (Å²) < 4.78 is 37.3. The number of nitrogens with one attached hydrogen (secondary N) is 1. The molecule has 0 aromatic heterocycles. The summed E-state index contributed by atoms with van der Waals surface area (Å²) in [6.07, 6.45) is -3.70. The van der Waals surface area contributed by atoms with Gasteiger partial charge in [0.05, 0.1) is 24.8 Å². The molecule has 3 aromatic carbocycles. The lowest BCUT2D eigenvalue weighted by atomic mass is 10.0. The second kappa shape index (κ2) is 13.6. The van der Waals surface area contributed by atoms with Crippen LogP contribution in [-0.4, -0.2) is 59.5 Å². The maximum absolute atomic E-state index is 12.7. The van der Waals surface area contributed by atoms with Gasteiger partial charge in [-0.25, -0.2) is 4.79 Å². The Morgan fingerprint density at radius 3 is 2.33 bits per heavy atom. The molecule has 1 amide bonds. The van der Waals surface area contributed by atoms with Gasteiger partial charge in [-0.2, -0.15) is 18.4 Å². The molecule has 1 aliphatic rings. The van der Waals surface area contributed by atoms with Crippen molar-refractivity contribution in [1.82, 2.24) is 4.90 Å². The number of nitrogens with zero attached hydrogens (tertiary/aromatic N) is 2. The summed E-state index contributed by atoms with van der Waals surface area (Å²) in [5, 5.41) is 28.9. The van der Waals surface area contributed by atoms with E-state index in [4.69, 9.17) is 19.9 Å². The second-order valence-corrected chi connectivity index (χ2v) is 9.06. The molecule has 0 atom stereocenters. The average molecular weight is 556 g/mol. The molecule has 3 aromatic rings. The van der Waals surface area contributed by atoms with Crippen molar-refractivity contribution >= 4 is 17.6 Å². The van der Waals surface area contributed by atoms with Crippen LogP contribution in [-0.2, 0) is 11.3 Å². The fraction of sp³-hybridized carbons (Fsp3) is 0.276. The van der Waals surface area contributed by atoms with Crippen LogP contribution in [0.3, 0.4) is 0 Å². The number of nitriles is 1. The first-order chi connectivity index (χ1) is 19.0. The maximum Gasteiger partial charge on any atom is 0.490 e. The van der Waals surface area contributed by atoms with Gasteiger partial charge in [-0.15, -0.1) is 0 Å². The van der Waals surface area contributed by atoms with Crippen LogP contribution in [0.4, 0.5) is 18.9 Å². The molecule has 0 saturated carbocycles. The van der Waals surface area contributed by atoms with Gasteiger partial charge in [0, 0.05) is 36.4 Å². The zero-order chi connectivity index (χ0) is 29.3. The number of anilines is 1. The predicted molar refractivity (Wildman–Crippen MR) is 142 cm³/mol. The molecular weight excluding hydrogens is 527 g/mol. The molecule has 3 N–H and O–H groups in total. The molecule has 1 saturated heterocycles. The minimum atomic E-state index is -5.08. The van der Waals surface area contributed by atoms with Crippen LogP contribution in [0.2, 0.25) is 0 Å². The number of aliphatic carboxylic acids is 1. The number of amides is 1. The van der Waals surface area contributed by atoms with E-state index in [2.05, 4.69) is 22.4 Å². The van der Waals surface area contributed by atoms with Gasteiger partial charge in [0.15, 0.2) is 0 Å². The fourth-order valence-electron chi connectivity index (χ4n) is 4.11. The zero-order valence-corrected chi connectivity index (χ0v) is 21.6. The Bertz CT molecular complexity index is 1380. The highest BCUT2D eigenvalue weighted by molar-refractivity contribution is 6.04. The van der Waals surface area contributed by atoms with Crippen LogP contribution in [0.1, 0.15) is 34.3 Å². The van der Waals surface area contributed by atoms with Gasteiger partial charge < -0.3 is 20.3 Å². The van der Waals surface area contributed by atoms with Crippen LogP contribution in [0.5, 0.6) is 5.75 Å².